The summed E-state index contributed by atoms with van der Waals surface area (Å²) in [4.78, 5) is 28.5. The highest BCUT2D eigenvalue weighted by Crippen LogP contribution is 2.28. The Morgan fingerprint density at radius 1 is 0.917 bits per heavy atom. The van der Waals surface area contributed by atoms with Gasteiger partial charge >= 0.3 is 0 Å². The number of benzene rings is 2. The zero-order valence-corrected chi connectivity index (χ0v) is 21.5. The number of carbonyl (C=O) groups excluding carboxylic acids is 2. The summed E-state index contributed by atoms with van der Waals surface area (Å²) in [6.07, 6.45) is 2.83. The van der Waals surface area contributed by atoms with Crippen molar-refractivity contribution < 1.29 is 27.5 Å². The highest BCUT2D eigenvalue weighted by atomic mass is 32.2. The molecule has 2 aliphatic heterocycles. The first-order chi connectivity index (χ1) is 17.3. The van der Waals surface area contributed by atoms with Crippen LogP contribution in [0.1, 0.15) is 36.0 Å². The minimum Gasteiger partial charge on any atom is -0.497 e. The van der Waals surface area contributed by atoms with E-state index in [0.29, 0.717) is 43.0 Å². The van der Waals surface area contributed by atoms with Crippen LogP contribution in [0.15, 0.2) is 53.4 Å². The number of hydrogen-bond donors (Lipinski definition) is 1. The number of piperidine rings is 1. The van der Waals surface area contributed by atoms with E-state index < -0.39 is 16.1 Å². The molecule has 0 unspecified atom stereocenters. The Morgan fingerprint density at radius 3 is 2.17 bits per heavy atom. The molecule has 0 bridgehead atoms. The van der Waals surface area contributed by atoms with Crippen molar-refractivity contribution in [3.63, 3.8) is 0 Å². The lowest BCUT2D eigenvalue weighted by molar-refractivity contribution is -0.133. The number of likely N-dealkylation sites (tertiary alicyclic amines) is 1. The van der Waals surface area contributed by atoms with Gasteiger partial charge in [-0.15, -0.1) is 0 Å². The van der Waals surface area contributed by atoms with E-state index in [4.69, 9.17) is 9.47 Å². The van der Waals surface area contributed by atoms with Gasteiger partial charge in [-0.1, -0.05) is 6.07 Å². The lowest BCUT2D eigenvalue weighted by Gasteiger charge is -2.36. The van der Waals surface area contributed by atoms with Gasteiger partial charge in [-0.05, 0) is 74.1 Å². The van der Waals surface area contributed by atoms with Gasteiger partial charge in [-0.2, -0.15) is 4.31 Å². The molecule has 2 aromatic rings. The molecule has 0 aliphatic carbocycles. The Bertz CT molecular complexity index is 1170. The van der Waals surface area contributed by atoms with Crippen LogP contribution in [0, 0.1) is 5.92 Å². The topological polar surface area (TPSA) is 105 Å². The molecule has 1 atom stereocenters. The van der Waals surface area contributed by atoms with Crippen molar-refractivity contribution in [2.24, 2.45) is 5.92 Å². The Hall–Kier alpha value is -3.11. The normalized spacial score (nSPS) is 18.0. The minimum atomic E-state index is -3.66. The van der Waals surface area contributed by atoms with Gasteiger partial charge in [-0.3, -0.25) is 9.59 Å². The summed E-state index contributed by atoms with van der Waals surface area (Å²) < 4.78 is 38.1. The van der Waals surface area contributed by atoms with Gasteiger partial charge in [0.05, 0.1) is 19.1 Å². The van der Waals surface area contributed by atoms with Crippen molar-refractivity contribution in [1.82, 2.24) is 14.5 Å². The van der Waals surface area contributed by atoms with Crippen molar-refractivity contribution >= 4 is 21.8 Å². The molecule has 36 heavy (non-hydrogen) atoms. The van der Waals surface area contributed by atoms with E-state index in [0.717, 1.165) is 12.8 Å². The highest BCUT2D eigenvalue weighted by Gasteiger charge is 2.38. The Labute approximate surface area is 212 Å². The molecule has 194 valence electrons. The van der Waals surface area contributed by atoms with Gasteiger partial charge < -0.3 is 19.7 Å². The van der Waals surface area contributed by atoms with E-state index >= 15 is 0 Å². The molecule has 1 N–H and O–H groups in total. The largest absolute Gasteiger partial charge is 0.497 e. The fourth-order valence-electron chi connectivity index (χ4n) is 4.85. The summed E-state index contributed by atoms with van der Waals surface area (Å²) in [6.45, 7) is 1.90. The van der Waals surface area contributed by atoms with Gasteiger partial charge in [-0.25, -0.2) is 8.42 Å². The van der Waals surface area contributed by atoms with Crippen LogP contribution in [0.2, 0.25) is 0 Å². The molecule has 0 saturated carbocycles. The molecule has 2 fully saturated rings. The highest BCUT2D eigenvalue weighted by molar-refractivity contribution is 7.89. The number of rotatable bonds is 8. The number of carbonyl (C=O) groups is 2. The van der Waals surface area contributed by atoms with Gasteiger partial charge in [0.2, 0.25) is 15.9 Å². The molecular weight excluding hydrogens is 482 g/mol. The molecule has 2 aliphatic rings. The maximum absolute atomic E-state index is 13.4. The third kappa shape index (κ3) is 5.65. The SMILES string of the molecule is COc1ccc(S(=O)(=O)N2CCC([C@@H](NC(=O)c3cccc(OC)c3)C(=O)N3CCCC3)CC2)cc1. The fourth-order valence-corrected chi connectivity index (χ4v) is 6.32. The number of ether oxygens (including phenoxy) is 2. The van der Waals surface area contributed by atoms with Crippen LogP contribution in [0.4, 0.5) is 0 Å². The summed E-state index contributed by atoms with van der Waals surface area (Å²) in [5, 5.41) is 2.96. The number of methoxy groups -OCH3 is 2. The predicted molar refractivity (Wildman–Crippen MR) is 135 cm³/mol. The average molecular weight is 516 g/mol. The second-order valence-corrected chi connectivity index (χ2v) is 11.1. The van der Waals surface area contributed by atoms with Crippen LogP contribution in [0.5, 0.6) is 11.5 Å². The lowest BCUT2D eigenvalue weighted by atomic mass is 9.89. The van der Waals surface area contributed by atoms with E-state index in [1.165, 1.54) is 30.7 Å². The molecule has 2 amide bonds. The number of amides is 2. The van der Waals surface area contributed by atoms with Crippen LogP contribution < -0.4 is 14.8 Å². The first kappa shape index (κ1) is 26.0. The molecule has 9 nitrogen and oxygen atoms in total. The number of hydrogen-bond acceptors (Lipinski definition) is 6. The second-order valence-electron chi connectivity index (χ2n) is 9.13. The number of nitrogens with zero attached hydrogens (tertiary/aromatic N) is 2. The number of nitrogens with one attached hydrogen (secondary N) is 1. The van der Waals surface area contributed by atoms with Gasteiger partial charge in [0.15, 0.2) is 0 Å². The monoisotopic (exact) mass is 515 g/mol. The molecule has 2 saturated heterocycles. The zero-order chi connectivity index (χ0) is 25.7. The molecule has 4 rings (SSSR count). The van der Waals surface area contributed by atoms with E-state index in [-0.39, 0.29) is 35.7 Å². The van der Waals surface area contributed by atoms with Crippen molar-refractivity contribution in [3.05, 3.63) is 54.1 Å². The molecular formula is C26H33N3O6S. The first-order valence-electron chi connectivity index (χ1n) is 12.2. The maximum atomic E-state index is 13.4. The van der Waals surface area contributed by atoms with Crippen LogP contribution in [0.25, 0.3) is 0 Å². The molecule has 0 spiro atoms. The fraction of sp³-hybridized carbons (Fsp3) is 0.462. The van der Waals surface area contributed by atoms with Crippen molar-refractivity contribution in [1.29, 1.82) is 0 Å². The van der Waals surface area contributed by atoms with Crippen molar-refractivity contribution in [2.75, 3.05) is 40.4 Å². The summed E-state index contributed by atoms with van der Waals surface area (Å²) in [6, 6.07) is 12.4. The van der Waals surface area contributed by atoms with E-state index in [2.05, 4.69) is 5.32 Å². The molecule has 0 aromatic heterocycles. The summed E-state index contributed by atoms with van der Waals surface area (Å²) in [7, 11) is -0.603. The van der Waals surface area contributed by atoms with Gasteiger partial charge in [0.1, 0.15) is 17.5 Å². The van der Waals surface area contributed by atoms with Gasteiger partial charge in [0, 0.05) is 31.7 Å². The molecule has 2 heterocycles. The lowest BCUT2D eigenvalue weighted by Crippen LogP contribution is -2.54. The molecule has 2 aromatic carbocycles. The zero-order valence-electron chi connectivity index (χ0n) is 20.7. The predicted octanol–water partition coefficient (Wildman–Crippen LogP) is 2.53. The van der Waals surface area contributed by atoms with E-state index in [9.17, 15) is 18.0 Å². The van der Waals surface area contributed by atoms with Crippen molar-refractivity contribution in [2.45, 2.75) is 36.6 Å². The smallest absolute Gasteiger partial charge is 0.252 e. The third-order valence-electron chi connectivity index (χ3n) is 6.97. The van der Waals surface area contributed by atoms with Gasteiger partial charge in [0.25, 0.3) is 5.91 Å². The van der Waals surface area contributed by atoms with Crippen molar-refractivity contribution in [3.8, 4) is 11.5 Å². The Balaban J connectivity index is 1.48. The van der Waals surface area contributed by atoms with E-state index in [1.807, 2.05) is 0 Å². The van der Waals surface area contributed by atoms with Crippen LogP contribution >= 0.6 is 0 Å². The van der Waals surface area contributed by atoms with E-state index in [1.54, 1.807) is 41.3 Å². The summed E-state index contributed by atoms with van der Waals surface area (Å²) >= 11 is 0. The first-order valence-corrected chi connectivity index (χ1v) is 13.7. The van der Waals surface area contributed by atoms with Crippen LogP contribution in [-0.4, -0.2) is 75.9 Å². The van der Waals surface area contributed by atoms with Crippen LogP contribution in [-0.2, 0) is 14.8 Å². The number of sulfonamides is 1. The molecule has 0 radical (unpaired) electrons. The Kier molecular flexibility index (Phi) is 8.15. The van der Waals surface area contributed by atoms with Crippen LogP contribution in [0.3, 0.4) is 0 Å². The third-order valence-corrected chi connectivity index (χ3v) is 8.88. The molecule has 10 heteroatoms. The summed E-state index contributed by atoms with van der Waals surface area (Å²) in [5.41, 5.74) is 0.410. The minimum absolute atomic E-state index is 0.0970. The maximum Gasteiger partial charge on any atom is 0.252 e. The standard InChI is InChI=1S/C26H33N3O6S/c1-34-21-8-10-23(11-9-21)36(32,33)29-16-12-19(13-17-29)24(26(31)28-14-3-4-15-28)27-25(30)20-6-5-7-22(18-20)35-2/h5-11,18-19,24H,3-4,12-17H2,1-2H3,(H,27,30)/t24-/m1/s1. The Morgan fingerprint density at radius 2 is 1.56 bits per heavy atom. The average Bonchev–Trinajstić information content (AvgIpc) is 3.46. The second kappa shape index (κ2) is 11.3. The summed E-state index contributed by atoms with van der Waals surface area (Å²) in [5.74, 6) is 0.528. The quantitative estimate of drug-likeness (QED) is 0.579.